The van der Waals surface area contributed by atoms with Gasteiger partial charge < -0.3 is 10.1 Å². The van der Waals surface area contributed by atoms with Crippen LogP contribution < -0.4 is 10.1 Å². The standard InChI is InChI=1S/C14H15ClN2OS/c1-18-13-7-9(15)4-5-10(13)14-17-12(8-19-14)11-3-2-6-16-11/h4-5,7-8,11,16H,2-3,6H2,1H3/t11-/m0/s1. The molecule has 0 bridgehead atoms. The van der Waals surface area contributed by atoms with Crippen molar-refractivity contribution in [3.05, 3.63) is 34.3 Å². The first-order valence-corrected chi connectivity index (χ1v) is 7.56. The van der Waals surface area contributed by atoms with Gasteiger partial charge >= 0.3 is 0 Å². The molecule has 0 saturated carbocycles. The fraction of sp³-hybridized carbons (Fsp3) is 0.357. The van der Waals surface area contributed by atoms with Gasteiger partial charge in [0.2, 0.25) is 0 Å². The number of hydrogen-bond donors (Lipinski definition) is 1. The second-order valence-corrected chi connectivity index (χ2v) is 5.87. The van der Waals surface area contributed by atoms with Crippen molar-refractivity contribution in [2.45, 2.75) is 18.9 Å². The van der Waals surface area contributed by atoms with E-state index in [1.54, 1.807) is 18.4 Å². The largest absolute Gasteiger partial charge is 0.496 e. The number of ether oxygens (including phenoxy) is 1. The average Bonchev–Trinajstić information content (AvgIpc) is 3.09. The Labute approximate surface area is 121 Å². The molecule has 0 amide bonds. The number of nitrogens with one attached hydrogen (secondary N) is 1. The highest BCUT2D eigenvalue weighted by molar-refractivity contribution is 7.13. The van der Waals surface area contributed by atoms with Crippen LogP contribution in [0.3, 0.4) is 0 Å². The number of benzene rings is 1. The fourth-order valence-corrected chi connectivity index (χ4v) is 3.41. The molecule has 3 rings (SSSR count). The molecule has 1 aromatic heterocycles. The zero-order chi connectivity index (χ0) is 13.2. The minimum atomic E-state index is 0.406. The van der Waals surface area contributed by atoms with E-state index in [2.05, 4.69) is 10.7 Å². The van der Waals surface area contributed by atoms with Gasteiger partial charge in [0, 0.05) is 10.4 Å². The van der Waals surface area contributed by atoms with Crippen LogP contribution in [0.25, 0.3) is 10.6 Å². The molecule has 0 aliphatic carbocycles. The Morgan fingerprint density at radius 2 is 2.37 bits per heavy atom. The normalized spacial score (nSPS) is 18.7. The van der Waals surface area contributed by atoms with Crippen molar-refractivity contribution in [1.29, 1.82) is 0 Å². The molecule has 1 aliphatic rings. The number of nitrogens with zero attached hydrogens (tertiary/aromatic N) is 1. The Hall–Kier alpha value is -1.10. The monoisotopic (exact) mass is 294 g/mol. The van der Waals surface area contributed by atoms with E-state index in [-0.39, 0.29) is 0 Å². The van der Waals surface area contributed by atoms with Crippen molar-refractivity contribution >= 4 is 22.9 Å². The molecule has 1 N–H and O–H groups in total. The van der Waals surface area contributed by atoms with Gasteiger partial charge in [-0.15, -0.1) is 11.3 Å². The number of aromatic nitrogens is 1. The second kappa shape index (κ2) is 5.49. The van der Waals surface area contributed by atoms with E-state index >= 15 is 0 Å². The summed E-state index contributed by atoms with van der Waals surface area (Å²) in [5.41, 5.74) is 2.13. The lowest BCUT2D eigenvalue weighted by Gasteiger charge is -2.07. The summed E-state index contributed by atoms with van der Waals surface area (Å²) < 4.78 is 5.38. The maximum Gasteiger partial charge on any atom is 0.130 e. The molecule has 2 aromatic rings. The van der Waals surface area contributed by atoms with Gasteiger partial charge in [0.25, 0.3) is 0 Å². The minimum absolute atomic E-state index is 0.406. The smallest absolute Gasteiger partial charge is 0.130 e. The van der Waals surface area contributed by atoms with E-state index in [0.717, 1.165) is 28.6 Å². The van der Waals surface area contributed by atoms with Gasteiger partial charge in [-0.2, -0.15) is 0 Å². The molecule has 1 aromatic carbocycles. The number of halogens is 1. The summed E-state index contributed by atoms with van der Waals surface area (Å²) in [6, 6.07) is 6.06. The fourth-order valence-electron chi connectivity index (χ4n) is 2.35. The van der Waals surface area contributed by atoms with E-state index < -0.39 is 0 Å². The van der Waals surface area contributed by atoms with E-state index in [9.17, 15) is 0 Å². The highest BCUT2D eigenvalue weighted by atomic mass is 35.5. The van der Waals surface area contributed by atoms with Crippen LogP contribution >= 0.6 is 22.9 Å². The molecule has 3 nitrogen and oxygen atoms in total. The quantitative estimate of drug-likeness (QED) is 0.932. The van der Waals surface area contributed by atoms with Crippen molar-refractivity contribution in [2.75, 3.05) is 13.7 Å². The Morgan fingerprint density at radius 1 is 1.47 bits per heavy atom. The molecule has 100 valence electrons. The molecule has 19 heavy (non-hydrogen) atoms. The summed E-state index contributed by atoms with van der Waals surface area (Å²) in [5, 5.41) is 7.26. The molecule has 0 spiro atoms. The van der Waals surface area contributed by atoms with Crippen LogP contribution in [0, 0.1) is 0 Å². The Bertz CT molecular complexity index is 579. The second-order valence-electron chi connectivity index (χ2n) is 4.57. The Kier molecular flexibility index (Phi) is 3.73. The zero-order valence-corrected chi connectivity index (χ0v) is 12.2. The topological polar surface area (TPSA) is 34.1 Å². The summed E-state index contributed by atoms with van der Waals surface area (Å²) in [5.74, 6) is 0.771. The summed E-state index contributed by atoms with van der Waals surface area (Å²) in [6.45, 7) is 1.09. The number of rotatable bonds is 3. The van der Waals surface area contributed by atoms with Crippen LogP contribution in [0.1, 0.15) is 24.6 Å². The van der Waals surface area contributed by atoms with Gasteiger partial charge in [-0.25, -0.2) is 4.98 Å². The lowest BCUT2D eigenvalue weighted by Crippen LogP contribution is -2.12. The van der Waals surface area contributed by atoms with Gasteiger partial charge in [-0.05, 0) is 37.6 Å². The molecule has 1 aliphatic heterocycles. The van der Waals surface area contributed by atoms with Crippen molar-refractivity contribution in [3.63, 3.8) is 0 Å². The molecular weight excluding hydrogens is 280 g/mol. The van der Waals surface area contributed by atoms with Crippen molar-refractivity contribution < 1.29 is 4.74 Å². The van der Waals surface area contributed by atoms with Crippen LogP contribution in [0.5, 0.6) is 5.75 Å². The number of methoxy groups -OCH3 is 1. The van der Waals surface area contributed by atoms with Gasteiger partial charge in [0.15, 0.2) is 0 Å². The molecule has 0 radical (unpaired) electrons. The van der Waals surface area contributed by atoms with E-state index in [4.69, 9.17) is 21.3 Å². The van der Waals surface area contributed by atoms with E-state index in [1.807, 2.05) is 18.2 Å². The van der Waals surface area contributed by atoms with Crippen molar-refractivity contribution in [1.82, 2.24) is 10.3 Å². The third kappa shape index (κ3) is 2.61. The first kappa shape index (κ1) is 12.9. The minimum Gasteiger partial charge on any atom is -0.496 e. The molecule has 1 atom stereocenters. The first-order chi connectivity index (χ1) is 9.28. The average molecular weight is 295 g/mol. The summed E-state index contributed by atoms with van der Waals surface area (Å²) in [7, 11) is 1.65. The molecule has 5 heteroatoms. The third-order valence-corrected chi connectivity index (χ3v) is 4.46. The van der Waals surface area contributed by atoms with Gasteiger partial charge in [0.1, 0.15) is 10.8 Å². The summed E-state index contributed by atoms with van der Waals surface area (Å²) >= 11 is 7.64. The van der Waals surface area contributed by atoms with Crippen molar-refractivity contribution in [2.24, 2.45) is 0 Å². The lowest BCUT2D eigenvalue weighted by molar-refractivity contribution is 0.416. The highest BCUT2D eigenvalue weighted by Gasteiger charge is 2.20. The van der Waals surface area contributed by atoms with E-state index in [1.165, 1.54) is 12.8 Å². The predicted octanol–water partition coefficient (Wildman–Crippen LogP) is 3.90. The van der Waals surface area contributed by atoms with Crippen LogP contribution in [0.4, 0.5) is 0 Å². The van der Waals surface area contributed by atoms with Crippen LogP contribution in [-0.4, -0.2) is 18.6 Å². The highest BCUT2D eigenvalue weighted by Crippen LogP contribution is 2.36. The Balaban J connectivity index is 1.93. The third-order valence-electron chi connectivity index (χ3n) is 3.33. The molecule has 1 fully saturated rings. The molecule has 0 unspecified atom stereocenters. The van der Waals surface area contributed by atoms with Crippen molar-refractivity contribution in [3.8, 4) is 16.3 Å². The first-order valence-electron chi connectivity index (χ1n) is 6.30. The van der Waals surface area contributed by atoms with Crippen LogP contribution in [0.15, 0.2) is 23.6 Å². The van der Waals surface area contributed by atoms with Crippen LogP contribution in [0.2, 0.25) is 5.02 Å². The number of thiazole rings is 1. The SMILES string of the molecule is COc1cc(Cl)ccc1-c1nc([C@@H]2CCCN2)cs1. The van der Waals surface area contributed by atoms with Gasteiger partial charge in [-0.3, -0.25) is 0 Å². The lowest BCUT2D eigenvalue weighted by atomic mass is 10.2. The Morgan fingerprint density at radius 3 is 3.11 bits per heavy atom. The maximum atomic E-state index is 5.98. The van der Waals surface area contributed by atoms with Gasteiger partial charge in [0.05, 0.1) is 24.4 Å². The van der Waals surface area contributed by atoms with Crippen LogP contribution in [-0.2, 0) is 0 Å². The maximum absolute atomic E-state index is 5.98. The summed E-state index contributed by atoms with van der Waals surface area (Å²) in [4.78, 5) is 4.73. The van der Waals surface area contributed by atoms with E-state index in [0.29, 0.717) is 11.1 Å². The zero-order valence-electron chi connectivity index (χ0n) is 10.6. The molecule has 1 saturated heterocycles. The number of hydrogen-bond acceptors (Lipinski definition) is 4. The van der Waals surface area contributed by atoms with Gasteiger partial charge in [-0.1, -0.05) is 11.6 Å². The summed E-state index contributed by atoms with van der Waals surface area (Å²) in [6.07, 6.45) is 2.39. The molecular formula is C14H15ClN2OS. The predicted molar refractivity (Wildman–Crippen MR) is 79.1 cm³/mol. The molecule has 2 heterocycles.